The summed E-state index contributed by atoms with van der Waals surface area (Å²) in [5.74, 6) is -3.08. The fourth-order valence-corrected chi connectivity index (χ4v) is 2.63. The third-order valence-corrected chi connectivity index (χ3v) is 3.78. The summed E-state index contributed by atoms with van der Waals surface area (Å²) in [5.41, 5.74) is 0.0917. The van der Waals surface area contributed by atoms with Gasteiger partial charge in [-0.1, -0.05) is 0 Å². The summed E-state index contributed by atoms with van der Waals surface area (Å²) in [7, 11) is 0. The minimum atomic E-state index is -1.20. The summed E-state index contributed by atoms with van der Waals surface area (Å²) in [6, 6.07) is 1.39. The number of rotatable bonds is 4. The topological polar surface area (TPSA) is 32.3 Å². The molecule has 1 amide bonds. The molecule has 0 bridgehead atoms. The van der Waals surface area contributed by atoms with Crippen molar-refractivity contribution in [2.24, 2.45) is 0 Å². The van der Waals surface area contributed by atoms with Crippen molar-refractivity contribution < 1.29 is 18.0 Å². The maximum absolute atomic E-state index is 13.4. The van der Waals surface area contributed by atoms with E-state index in [9.17, 15) is 18.0 Å². The average Bonchev–Trinajstić information content (AvgIpc) is 2.44. The predicted molar refractivity (Wildman–Crippen MR) is 76.6 cm³/mol. The molecule has 1 fully saturated rings. The van der Waals surface area contributed by atoms with Gasteiger partial charge in [-0.05, 0) is 24.5 Å². The second kappa shape index (κ2) is 7.17. The molecule has 0 saturated carbocycles. The summed E-state index contributed by atoms with van der Waals surface area (Å²) in [6.07, 6.45) is 0.839. The SMILES string of the molecule is O=C(CCCc1cc(F)c(F)cc1F)N1CCN[C@H](S)C1. The van der Waals surface area contributed by atoms with Crippen molar-refractivity contribution in [2.75, 3.05) is 19.6 Å². The van der Waals surface area contributed by atoms with Gasteiger partial charge < -0.3 is 10.2 Å². The lowest BCUT2D eigenvalue weighted by atomic mass is 10.1. The Morgan fingerprint density at radius 1 is 1.29 bits per heavy atom. The number of hydrogen-bond donors (Lipinski definition) is 2. The first-order valence-electron chi connectivity index (χ1n) is 6.80. The number of nitrogens with zero attached hydrogens (tertiary/aromatic N) is 1. The van der Waals surface area contributed by atoms with Gasteiger partial charge in [0, 0.05) is 32.1 Å². The number of aryl methyl sites for hydroxylation is 1. The molecule has 1 heterocycles. The van der Waals surface area contributed by atoms with Crippen molar-refractivity contribution in [2.45, 2.75) is 24.6 Å². The number of nitrogens with one attached hydrogen (secondary N) is 1. The molecule has 1 aliphatic rings. The van der Waals surface area contributed by atoms with Gasteiger partial charge in [-0.2, -0.15) is 12.6 Å². The Morgan fingerprint density at radius 2 is 2.00 bits per heavy atom. The molecular formula is C14H17F3N2OS. The average molecular weight is 318 g/mol. The quantitative estimate of drug-likeness (QED) is 0.658. The van der Waals surface area contributed by atoms with Crippen LogP contribution in [0, 0.1) is 17.5 Å². The molecule has 116 valence electrons. The number of piperazine rings is 1. The number of carbonyl (C=O) groups is 1. The summed E-state index contributed by atoms with van der Waals surface area (Å²) < 4.78 is 39.3. The van der Waals surface area contributed by atoms with E-state index in [1.807, 2.05) is 0 Å². The zero-order chi connectivity index (χ0) is 15.4. The highest BCUT2D eigenvalue weighted by atomic mass is 32.1. The van der Waals surface area contributed by atoms with Crippen LogP contribution >= 0.6 is 12.6 Å². The van der Waals surface area contributed by atoms with Crippen LogP contribution in [0.1, 0.15) is 18.4 Å². The molecule has 2 rings (SSSR count). The summed E-state index contributed by atoms with van der Waals surface area (Å²) >= 11 is 4.27. The van der Waals surface area contributed by atoms with E-state index >= 15 is 0 Å². The van der Waals surface area contributed by atoms with Crippen LogP contribution < -0.4 is 5.32 Å². The maximum atomic E-state index is 13.4. The van der Waals surface area contributed by atoms with Crippen molar-refractivity contribution in [3.8, 4) is 0 Å². The molecule has 0 unspecified atom stereocenters. The second-order valence-electron chi connectivity index (χ2n) is 5.02. The monoisotopic (exact) mass is 318 g/mol. The third kappa shape index (κ3) is 4.38. The van der Waals surface area contributed by atoms with Crippen LogP contribution in [-0.2, 0) is 11.2 Å². The summed E-state index contributed by atoms with van der Waals surface area (Å²) in [5, 5.41) is 3.08. The fourth-order valence-electron chi connectivity index (χ4n) is 2.30. The molecule has 21 heavy (non-hydrogen) atoms. The van der Waals surface area contributed by atoms with E-state index in [0.29, 0.717) is 32.1 Å². The van der Waals surface area contributed by atoms with Crippen molar-refractivity contribution >= 4 is 18.5 Å². The molecule has 0 aliphatic carbocycles. The molecule has 1 aromatic carbocycles. The number of halogens is 3. The molecule has 1 aliphatic heterocycles. The Kier molecular flexibility index (Phi) is 5.52. The van der Waals surface area contributed by atoms with Crippen LogP contribution in [0.2, 0.25) is 0 Å². The third-order valence-electron chi connectivity index (χ3n) is 3.43. The van der Waals surface area contributed by atoms with Crippen LogP contribution in [0.3, 0.4) is 0 Å². The van der Waals surface area contributed by atoms with Gasteiger partial charge in [0.2, 0.25) is 5.91 Å². The molecule has 1 saturated heterocycles. The molecule has 7 heteroatoms. The van der Waals surface area contributed by atoms with Crippen LogP contribution in [-0.4, -0.2) is 35.8 Å². The Morgan fingerprint density at radius 3 is 2.71 bits per heavy atom. The van der Waals surface area contributed by atoms with E-state index in [4.69, 9.17) is 0 Å². The molecule has 1 atom stereocenters. The molecule has 1 aromatic rings. The first kappa shape index (κ1) is 16.2. The molecule has 3 nitrogen and oxygen atoms in total. The Hall–Kier alpha value is -1.21. The molecule has 0 spiro atoms. The van der Waals surface area contributed by atoms with Crippen molar-refractivity contribution in [1.82, 2.24) is 10.2 Å². The Labute approximate surface area is 126 Å². The van der Waals surface area contributed by atoms with Crippen LogP contribution in [0.4, 0.5) is 13.2 Å². The van der Waals surface area contributed by atoms with Crippen molar-refractivity contribution in [3.63, 3.8) is 0 Å². The highest BCUT2D eigenvalue weighted by Crippen LogP contribution is 2.16. The van der Waals surface area contributed by atoms with Crippen molar-refractivity contribution in [1.29, 1.82) is 0 Å². The summed E-state index contributed by atoms with van der Waals surface area (Å²) in [6.45, 7) is 1.84. The first-order chi connectivity index (χ1) is 9.97. The number of thiol groups is 1. The van der Waals surface area contributed by atoms with Gasteiger partial charge in [-0.3, -0.25) is 4.79 Å². The maximum Gasteiger partial charge on any atom is 0.222 e. The van der Waals surface area contributed by atoms with Crippen LogP contribution in [0.15, 0.2) is 12.1 Å². The number of amides is 1. The standard InChI is InChI=1S/C14H17F3N2OS/c15-10-7-12(17)11(16)6-9(10)2-1-3-14(20)19-5-4-18-13(21)8-19/h6-7,13,18,21H,1-5,8H2/t13-/m1/s1. The van der Waals surface area contributed by atoms with Gasteiger partial charge in [-0.15, -0.1) is 0 Å². The number of carbonyl (C=O) groups excluding carboxylic acids is 1. The van der Waals surface area contributed by atoms with Gasteiger partial charge in [-0.25, -0.2) is 13.2 Å². The normalized spacial score (nSPS) is 18.9. The lowest BCUT2D eigenvalue weighted by Gasteiger charge is -2.31. The van der Waals surface area contributed by atoms with E-state index in [1.54, 1.807) is 4.90 Å². The largest absolute Gasteiger partial charge is 0.339 e. The van der Waals surface area contributed by atoms with E-state index < -0.39 is 17.5 Å². The van der Waals surface area contributed by atoms with Crippen LogP contribution in [0.5, 0.6) is 0 Å². The lowest BCUT2D eigenvalue weighted by molar-refractivity contribution is -0.132. The van der Waals surface area contributed by atoms with E-state index in [1.165, 1.54) is 0 Å². The summed E-state index contributed by atoms with van der Waals surface area (Å²) in [4.78, 5) is 13.7. The first-order valence-corrected chi connectivity index (χ1v) is 7.31. The minimum Gasteiger partial charge on any atom is -0.339 e. The molecular weight excluding hydrogens is 301 g/mol. The van der Waals surface area contributed by atoms with Crippen molar-refractivity contribution in [3.05, 3.63) is 35.1 Å². The van der Waals surface area contributed by atoms with Gasteiger partial charge in [0.15, 0.2) is 11.6 Å². The lowest BCUT2D eigenvalue weighted by Crippen LogP contribution is -2.50. The second-order valence-corrected chi connectivity index (χ2v) is 5.64. The van der Waals surface area contributed by atoms with E-state index in [-0.39, 0.29) is 29.7 Å². The predicted octanol–water partition coefficient (Wildman–Crippen LogP) is 2.11. The zero-order valence-electron chi connectivity index (χ0n) is 11.4. The van der Waals surface area contributed by atoms with Gasteiger partial charge in [0.05, 0.1) is 5.37 Å². The van der Waals surface area contributed by atoms with Gasteiger partial charge >= 0.3 is 0 Å². The number of benzene rings is 1. The van der Waals surface area contributed by atoms with Gasteiger partial charge in [0.25, 0.3) is 0 Å². The minimum absolute atomic E-state index is 0.0291. The Balaban J connectivity index is 1.84. The van der Waals surface area contributed by atoms with Crippen LogP contribution in [0.25, 0.3) is 0 Å². The van der Waals surface area contributed by atoms with Gasteiger partial charge in [0.1, 0.15) is 5.82 Å². The highest BCUT2D eigenvalue weighted by molar-refractivity contribution is 7.80. The smallest absolute Gasteiger partial charge is 0.222 e. The zero-order valence-corrected chi connectivity index (χ0v) is 12.3. The van der Waals surface area contributed by atoms with E-state index in [0.717, 1.165) is 6.07 Å². The Bertz CT molecular complexity index is 527. The fraction of sp³-hybridized carbons (Fsp3) is 0.500. The molecule has 1 N–H and O–H groups in total. The number of hydrogen-bond acceptors (Lipinski definition) is 3. The highest BCUT2D eigenvalue weighted by Gasteiger charge is 2.20. The molecule has 0 aromatic heterocycles. The molecule has 0 radical (unpaired) electrons. The van der Waals surface area contributed by atoms with E-state index in [2.05, 4.69) is 17.9 Å².